The highest BCUT2D eigenvalue weighted by Crippen LogP contribution is 2.30. The summed E-state index contributed by atoms with van der Waals surface area (Å²) in [7, 11) is 3.05. The van der Waals surface area contributed by atoms with Gasteiger partial charge in [-0.1, -0.05) is 0 Å². The molecule has 0 unspecified atom stereocenters. The lowest BCUT2D eigenvalue weighted by atomic mass is 9.82. The maximum atomic E-state index is 11.3. The van der Waals surface area contributed by atoms with E-state index in [4.69, 9.17) is 9.47 Å². The Labute approximate surface area is 80.4 Å². The number of methoxy groups -OCH3 is 2. The van der Waals surface area contributed by atoms with Crippen molar-refractivity contribution in [3.05, 3.63) is 0 Å². The first-order chi connectivity index (χ1) is 5.75. The standard InChI is InChI=1S/C10H20O3/c1-9(2,8(11)12-5)7-10(3,4)13-6/h7H2,1-6H3. The molecular formula is C10H20O3. The van der Waals surface area contributed by atoms with Gasteiger partial charge in [0.2, 0.25) is 0 Å². The predicted octanol–water partition coefficient (Wildman–Crippen LogP) is 2.00. The Balaban J connectivity index is 4.41. The summed E-state index contributed by atoms with van der Waals surface area (Å²) in [6.45, 7) is 7.63. The maximum Gasteiger partial charge on any atom is 0.311 e. The molecule has 3 nitrogen and oxygen atoms in total. The van der Waals surface area contributed by atoms with Crippen LogP contribution in [0.15, 0.2) is 0 Å². The molecule has 0 aliphatic heterocycles. The third-order valence-corrected chi connectivity index (χ3v) is 2.16. The number of rotatable bonds is 4. The second-order valence-electron chi connectivity index (χ2n) is 4.52. The third-order valence-electron chi connectivity index (χ3n) is 2.16. The Bertz CT molecular complexity index is 183. The summed E-state index contributed by atoms with van der Waals surface area (Å²) >= 11 is 0. The average molecular weight is 188 g/mol. The van der Waals surface area contributed by atoms with Gasteiger partial charge in [-0.2, -0.15) is 0 Å². The number of hydrogen-bond acceptors (Lipinski definition) is 3. The molecule has 0 aliphatic rings. The first-order valence-electron chi connectivity index (χ1n) is 4.39. The SMILES string of the molecule is COC(=O)C(C)(C)CC(C)(C)OC. The molecule has 0 spiro atoms. The summed E-state index contributed by atoms with van der Waals surface area (Å²) < 4.78 is 9.97. The molecule has 0 rings (SSSR count). The first kappa shape index (κ1) is 12.4. The largest absolute Gasteiger partial charge is 0.469 e. The van der Waals surface area contributed by atoms with Crippen molar-refractivity contribution >= 4 is 5.97 Å². The van der Waals surface area contributed by atoms with Gasteiger partial charge in [-0.25, -0.2) is 0 Å². The van der Waals surface area contributed by atoms with Crippen molar-refractivity contribution < 1.29 is 14.3 Å². The van der Waals surface area contributed by atoms with Crippen molar-refractivity contribution in [2.24, 2.45) is 5.41 Å². The summed E-state index contributed by atoms with van der Waals surface area (Å²) in [5.41, 5.74) is -0.786. The zero-order valence-electron chi connectivity index (χ0n) is 9.43. The Morgan fingerprint density at radius 2 is 1.62 bits per heavy atom. The van der Waals surface area contributed by atoms with Gasteiger partial charge in [0.1, 0.15) is 0 Å². The normalized spacial score (nSPS) is 12.8. The average Bonchev–Trinajstić information content (AvgIpc) is 2.01. The monoisotopic (exact) mass is 188 g/mol. The minimum atomic E-state index is -0.492. The minimum Gasteiger partial charge on any atom is -0.469 e. The van der Waals surface area contributed by atoms with E-state index in [-0.39, 0.29) is 11.6 Å². The highest BCUT2D eigenvalue weighted by atomic mass is 16.5. The van der Waals surface area contributed by atoms with Gasteiger partial charge in [0.05, 0.1) is 18.1 Å². The van der Waals surface area contributed by atoms with Crippen molar-refractivity contribution in [1.82, 2.24) is 0 Å². The van der Waals surface area contributed by atoms with E-state index in [1.807, 2.05) is 27.7 Å². The van der Waals surface area contributed by atoms with E-state index in [2.05, 4.69) is 0 Å². The zero-order chi connectivity index (χ0) is 10.7. The fourth-order valence-electron chi connectivity index (χ4n) is 1.48. The van der Waals surface area contributed by atoms with Gasteiger partial charge in [-0.3, -0.25) is 4.79 Å². The van der Waals surface area contributed by atoms with Crippen LogP contribution in [0.1, 0.15) is 34.1 Å². The molecular weight excluding hydrogens is 168 g/mol. The summed E-state index contributed by atoms with van der Waals surface area (Å²) in [5, 5.41) is 0. The molecule has 0 saturated carbocycles. The molecule has 0 saturated heterocycles. The summed E-state index contributed by atoms with van der Waals surface area (Å²) in [6.07, 6.45) is 0.642. The molecule has 0 fully saturated rings. The van der Waals surface area contributed by atoms with Crippen LogP contribution in [0.4, 0.5) is 0 Å². The molecule has 0 bridgehead atoms. The van der Waals surface area contributed by atoms with Crippen molar-refractivity contribution in [2.45, 2.75) is 39.7 Å². The van der Waals surface area contributed by atoms with Gasteiger partial charge in [0.25, 0.3) is 0 Å². The van der Waals surface area contributed by atoms with Crippen LogP contribution < -0.4 is 0 Å². The molecule has 0 radical (unpaired) electrons. The molecule has 0 N–H and O–H groups in total. The van der Waals surface area contributed by atoms with Crippen molar-refractivity contribution in [2.75, 3.05) is 14.2 Å². The molecule has 0 amide bonds. The molecule has 3 heteroatoms. The summed E-state index contributed by atoms with van der Waals surface area (Å²) in [5.74, 6) is -0.197. The molecule has 0 atom stereocenters. The number of ether oxygens (including phenoxy) is 2. The van der Waals surface area contributed by atoms with Crippen LogP contribution >= 0.6 is 0 Å². The lowest BCUT2D eigenvalue weighted by molar-refractivity contribution is -0.154. The number of esters is 1. The van der Waals surface area contributed by atoms with E-state index >= 15 is 0 Å². The minimum absolute atomic E-state index is 0.197. The Morgan fingerprint density at radius 1 is 1.15 bits per heavy atom. The van der Waals surface area contributed by atoms with Gasteiger partial charge >= 0.3 is 5.97 Å². The second kappa shape index (κ2) is 4.09. The first-order valence-corrected chi connectivity index (χ1v) is 4.39. The molecule has 13 heavy (non-hydrogen) atoms. The topological polar surface area (TPSA) is 35.5 Å². The van der Waals surface area contributed by atoms with Crippen molar-refractivity contribution in [3.63, 3.8) is 0 Å². The van der Waals surface area contributed by atoms with E-state index in [9.17, 15) is 4.79 Å². The van der Waals surface area contributed by atoms with Crippen molar-refractivity contribution in [3.8, 4) is 0 Å². The molecule has 0 aromatic heterocycles. The van der Waals surface area contributed by atoms with Gasteiger partial charge in [0, 0.05) is 7.11 Å². The number of carbonyl (C=O) groups excluding carboxylic acids is 1. The highest BCUT2D eigenvalue weighted by molar-refractivity contribution is 5.75. The lowest BCUT2D eigenvalue weighted by Crippen LogP contribution is -2.36. The zero-order valence-corrected chi connectivity index (χ0v) is 9.43. The Hall–Kier alpha value is -0.570. The third kappa shape index (κ3) is 3.77. The van der Waals surface area contributed by atoms with Crippen LogP contribution in [0.25, 0.3) is 0 Å². The Kier molecular flexibility index (Phi) is 3.91. The Morgan fingerprint density at radius 3 is 1.92 bits per heavy atom. The van der Waals surface area contributed by atoms with Crippen LogP contribution in [0, 0.1) is 5.41 Å². The van der Waals surface area contributed by atoms with Crippen LogP contribution in [0.5, 0.6) is 0 Å². The quantitative estimate of drug-likeness (QED) is 0.633. The van der Waals surface area contributed by atoms with Crippen LogP contribution in [0.3, 0.4) is 0 Å². The lowest BCUT2D eigenvalue weighted by Gasteiger charge is -2.31. The molecule has 78 valence electrons. The maximum absolute atomic E-state index is 11.3. The smallest absolute Gasteiger partial charge is 0.311 e. The predicted molar refractivity (Wildman–Crippen MR) is 51.5 cm³/mol. The molecule has 0 aromatic rings. The summed E-state index contributed by atoms with van der Waals surface area (Å²) in [6, 6.07) is 0. The fraction of sp³-hybridized carbons (Fsp3) is 0.900. The van der Waals surface area contributed by atoms with Crippen LogP contribution in [0.2, 0.25) is 0 Å². The number of carbonyl (C=O) groups is 1. The van der Waals surface area contributed by atoms with Crippen LogP contribution in [-0.4, -0.2) is 25.8 Å². The molecule has 0 aromatic carbocycles. The van der Waals surface area contributed by atoms with Gasteiger partial charge < -0.3 is 9.47 Å². The molecule has 0 heterocycles. The molecule has 0 aliphatic carbocycles. The van der Waals surface area contributed by atoms with Crippen LogP contribution in [-0.2, 0) is 14.3 Å². The van der Waals surface area contributed by atoms with Gasteiger partial charge in [0.15, 0.2) is 0 Å². The van der Waals surface area contributed by atoms with Gasteiger partial charge in [-0.15, -0.1) is 0 Å². The van der Waals surface area contributed by atoms with E-state index in [1.54, 1.807) is 7.11 Å². The van der Waals surface area contributed by atoms with Gasteiger partial charge in [-0.05, 0) is 34.1 Å². The van der Waals surface area contributed by atoms with E-state index in [0.717, 1.165) is 0 Å². The van der Waals surface area contributed by atoms with E-state index in [0.29, 0.717) is 6.42 Å². The van der Waals surface area contributed by atoms with E-state index < -0.39 is 5.41 Å². The van der Waals surface area contributed by atoms with E-state index in [1.165, 1.54) is 7.11 Å². The number of hydrogen-bond donors (Lipinski definition) is 0. The second-order valence-corrected chi connectivity index (χ2v) is 4.52. The highest BCUT2D eigenvalue weighted by Gasteiger charge is 2.35. The van der Waals surface area contributed by atoms with Crippen molar-refractivity contribution in [1.29, 1.82) is 0 Å². The summed E-state index contributed by atoms with van der Waals surface area (Å²) in [4.78, 5) is 11.3. The fourth-order valence-corrected chi connectivity index (χ4v) is 1.48.